The Kier molecular flexibility index (Phi) is 5.81. The van der Waals surface area contributed by atoms with Crippen LogP contribution >= 0.6 is 46.4 Å². The quantitative estimate of drug-likeness (QED) is 0.309. The highest BCUT2D eigenvalue weighted by Crippen LogP contribution is 2.32. The first-order chi connectivity index (χ1) is 13.2. The van der Waals surface area contributed by atoms with Crippen LogP contribution < -0.4 is 10.2 Å². The van der Waals surface area contributed by atoms with Gasteiger partial charge in [-0.3, -0.25) is 14.4 Å². The van der Waals surface area contributed by atoms with Gasteiger partial charge in [0, 0.05) is 5.69 Å². The number of anilines is 2. The van der Waals surface area contributed by atoms with Gasteiger partial charge in [-0.2, -0.15) is 0 Å². The summed E-state index contributed by atoms with van der Waals surface area (Å²) in [5.74, 6) is -4.41. The van der Waals surface area contributed by atoms with Crippen LogP contribution in [0.15, 0.2) is 41.6 Å². The number of nitrogens with one attached hydrogen (secondary N) is 1. The van der Waals surface area contributed by atoms with E-state index in [1.54, 1.807) is 0 Å². The Morgan fingerprint density at radius 3 is 2.14 bits per heavy atom. The Hall–Kier alpha value is -2.32. The summed E-state index contributed by atoms with van der Waals surface area (Å²) < 4.78 is 0. The van der Waals surface area contributed by atoms with Gasteiger partial charge in [-0.15, -0.1) is 0 Å². The molecule has 144 valence electrons. The number of oxime groups is 1. The van der Waals surface area contributed by atoms with Crippen molar-refractivity contribution in [2.45, 2.75) is 0 Å². The van der Waals surface area contributed by atoms with Crippen molar-refractivity contribution < 1.29 is 19.6 Å². The van der Waals surface area contributed by atoms with Crippen molar-refractivity contribution in [1.82, 2.24) is 0 Å². The van der Waals surface area contributed by atoms with Crippen molar-refractivity contribution in [1.29, 1.82) is 0 Å². The molecule has 0 radical (unpaired) electrons. The molecule has 11 heteroatoms. The molecule has 0 spiro atoms. The van der Waals surface area contributed by atoms with Crippen LogP contribution in [0.2, 0.25) is 20.1 Å². The molecule has 7 nitrogen and oxygen atoms in total. The van der Waals surface area contributed by atoms with Crippen LogP contribution in [-0.4, -0.2) is 28.6 Å². The van der Waals surface area contributed by atoms with E-state index >= 15 is 0 Å². The van der Waals surface area contributed by atoms with Crippen LogP contribution in [0.4, 0.5) is 11.4 Å². The van der Waals surface area contributed by atoms with Crippen molar-refractivity contribution in [2.75, 3.05) is 10.2 Å². The van der Waals surface area contributed by atoms with Crippen LogP contribution in [-0.2, 0) is 14.4 Å². The molecule has 2 aromatic rings. The van der Waals surface area contributed by atoms with Crippen LogP contribution in [0.25, 0.3) is 0 Å². The second-order valence-corrected chi connectivity index (χ2v) is 7.24. The number of carbonyl (C=O) groups excluding carboxylic acids is 3. The highest BCUT2D eigenvalue weighted by Gasteiger charge is 2.50. The molecule has 3 amide bonds. The fraction of sp³-hybridized carbons (Fsp3) is 0.0588. The molecule has 0 unspecified atom stereocenters. The number of rotatable bonds is 3. The fourth-order valence-corrected chi connectivity index (χ4v) is 3.17. The smallest absolute Gasteiger partial charge is 0.284 e. The van der Waals surface area contributed by atoms with E-state index in [0.717, 1.165) is 0 Å². The van der Waals surface area contributed by atoms with Crippen molar-refractivity contribution in [3.8, 4) is 0 Å². The minimum absolute atomic E-state index is 0.0791. The number of halogens is 4. The van der Waals surface area contributed by atoms with Gasteiger partial charge in [0.2, 0.25) is 5.91 Å². The lowest BCUT2D eigenvalue weighted by Crippen LogP contribution is -2.34. The average molecular weight is 461 g/mol. The van der Waals surface area contributed by atoms with Gasteiger partial charge in [0.25, 0.3) is 11.8 Å². The van der Waals surface area contributed by atoms with E-state index in [9.17, 15) is 19.6 Å². The van der Waals surface area contributed by atoms with Crippen LogP contribution in [0.3, 0.4) is 0 Å². The molecule has 1 aliphatic heterocycles. The molecule has 1 fully saturated rings. The zero-order chi connectivity index (χ0) is 20.6. The molecule has 1 saturated heterocycles. The standard InChI is InChI=1S/C17H9Cl4N3O4/c18-9-3-1-7(5-11(9)20)22-15(25)13-14(23-28)17(27)24(16(13)26)8-2-4-10(19)12(21)6-8/h1-6,13,28H,(H,22,25)/b23-14+/t13-/m1/s1. The summed E-state index contributed by atoms with van der Waals surface area (Å²) in [6.45, 7) is 0. The van der Waals surface area contributed by atoms with Gasteiger partial charge in [0.1, 0.15) is 0 Å². The summed E-state index contributed by atoms with van der Waals surface area (Å²) in [6.07, 6.45) is 0. The Labute approximate surface area is 178 Å². The van der Waals surface area contributed by atoms with Gasteiger partial charge in [-0.05, 0) is 36.4 Å². The first-order valence-electron chi connectivity index (χ1n) is 7.55. The molecule has 28 heavy (non-hydrogen) atoms. The number of hydrogen-bond acceptors (Lipinski definition) is 5. The lowest BCUT2D eigenvalue weighted by atomic mass is 10.1. The van der Waals surface area contributed by atoms with E-state index in [-0.39, 0.29) is 31.5 Å². The zero-order valence-corrected chi connectivity index (χ0v) is 16.6. The first-order valence-corrected chi connectivity index (χ1v) is 9.07. The third-order valence-corrected chi connectivity index (χ3v) is 5.36. The normalized spacial score (nSPS) is 18.1. The predicted molar refractivity (Wildman–Crippen MR) is 107 cm³/mol. The number of amides is 3. The maximum atomic E-state index is 12.8. The van der Waals surface area contributed by atoms with Crippen LogP contribution in [0.1, 0.15) is 0 Å². The molecule has 0 bridgehead atoms. The SMILES string of the molecule is O=C(Nc1ccc(Cl)c(Cl)c1)[C@@H]1C(=O)N(c2ccc(Cl)c(Cl)c2)C(=O)/C1=N/O. The third-order valence-electron chi connectivity index (χ3n) is 3.88. The molecule has 2 N–H and O–H groups in total. The zero-order valence-electron chi connectivity index (χ0n) is 13.6. The summed E-state index contributed by atoms with van der Waals surface area (Å²) in [5.41, 5.74) is -0.311. The molecular weight excluding hydrogens is 452 g/mol. The maximum Gasteiger partial charge on any atom is 0.284 e. The van der Waals surface area contributed by atoms with Crippen LogP contribution in [0.5, 0.6) is 0 Å². The number of hydrogen-bond donors (Lipinski definition) is 2. The molecule has 0 aliphatic carbocycles. The molecule has 0 aromatic heterocycles. The van der Waals surface area contributed by atoms with E-state index in [2.05, 4.69) is 10.5 Å². The Balaban J connectivity index is 1.93. The highest BCUT2D eigenvalue weighted by molar-refractivity contribution is 6.61. The molecular formula is C17H9Cl4N3O4. The summed E-state index contributed by atoms with van der Waals surface area (Å²) in [5, 5.41) is 15.3. The molecule has 1 aliphatic rings. The topological polar surface area (TPSA) is 99.1 Å². The predicted octanol–water partition coefficient (Wildman–Crippen LogP) is 4.26. The number of imide groups is 1. The van der Waals surface area contributed by atoms with Gasteiger partial charge in [0.05, 0.1) is 25.8 Å². The van der Waals surface area contributed by atoms with E-state index in [1.165, 1.54) is 36.4 Å². The van der Waals surface area contributed by atoms with Gasteiger partial charge >= 0.3 is 0 Å². The second kappa shape index (κ2) is 7.97. The number of nitrogens with zero attached hydrogens (tertiary/aromatic N) is 2. The number of carbonyl (C=O) groups is 3. The van der Waals surface area contributed by atoms with Gasteiger partial charge in [-0.25, -0.2) is 4.90 Å². The molecule has 2 aromatic carbocycles. The number of benzene rings is 2. The maximum absolute atomic E-state index is 12.8. The van der Waals surface area contributed by atoms with E-state index in [0.29, 0.717) is 4.90 Å². The molecule has 1 heterocycles. The molecule has 0 saturated carbocycles. The van der Waals surface area contributed by atoms with Crippen molar-refractivity contribution in [3.63, 3.8) is 0 Å². The minimum Gasteiger partial charge on any atom is -0.410 e. The van der Waals surface area contributed by atoms with E-state index < -0.39 is 29.4 Å². The fourth-order valence-electron chi connectivity index (χ4n) is 2.58. The Morgan fingerprint density at radius 1 is 0.964 bits per heavy atom. The summed E-state index contributed by atoms with van der Waals surface area (Å²) in [4.78, 5) is 38.6. The molecule has 1 atom stereocenters. The van der Waals surface area contributed by atoms with Gasteiger partial charge < -0.3 is 10.5 Å². The third kappa shape index (κ3) is 3.66. The summed E-state index contributed by atoms with van der Waals surface area (Å²) >= 11 is 23.5. The van der Waals surface area contributed by atoms with Gasteiger partial charge in [-0.1, -0.05) is 51.6 Å². The minimum atomic E-state index is -1.67. The van der Waals surface area contributed by atoms with E-state index in [1.807, 2.05) is 0 Å². The van der Waals surface area contributed by atoms with Crippen molar-refractivity contribution in [3.05, 3.63) is 56.5 Å². The Morgan fingerprint density at radius 2 is 1.57 bits per heavy atom. The second-order valence-electron chi connectivity index (χ2n) is 5.61. The van der Waals surface area contributed by atoms with Gasteiger partial charge in [0.15, 0.2) is 11.6 Å². The van der Waals surface area contributed by atoms with E-state index in [4.69, 9.17) is 46.4 Å². The van der Waals surface area contributed by atoms with Crippen molar-refractivity contribution >= 4 is 81.2 Å². The summed E-state index contributed by atoms with van der Waals surface area (Å²) in [6, 6.07) is 8.32. The lowest BCUT2D eigenvalue weighted by Gasteiger charge is -2.15. The Bertz CT molecular complexity index is 1040. The van der Waals surface area contributed by atoms with Crippen molar-refractivity contribution in [2.24, 2.45) is 11.1 Å². The highest BCUT2D eigenvalue weighted by atomic mass is 35.5. The average Bonchev–Trinajstić information content (AvgIpc) is 2.90. The first kappa shape index (κ1) is 20.4. The summed E-state index contributed by atoms with van der Waals surface area (Å²) in [7, 11) is 0. The monoisotopic (exact) mass is 459 g/mol. The molecule has 3 rings (SSSR count). The lowest BCUT2D eigenvalue weighted by molar-refractivity contribution is -0.127. The van der Waals surface area contributed by atoms with Crippen LogP contribution in [0, 0.1) is 5.92 Å². The largest absolute Gasteiger partial charge is 0.410 e.